The molecule has 0 fully saturated rings. The second kappa shape index (κ2) is 4.91. The third kappa shape index (κ3) is 2.25. The van der Waals surface area contributed by atoms with Gasteiger partial charge in [-0.2, -0.15) is 0 Å². The van der Waals surface area contributed by atoms with Crippen LogP contribution in [0, 0.1) is 5.82 Å². The molecule has 0 radical (unpaired) electrons. The van der Waals surface area contributed by atoms with Gasteiger partial charge in [0.25, 0.3) is 0 Å². The van der Waals surface area contributed by atoms with E-state index in [-0.39, 0.29) is 5.82 Å². The number of rotatable bonds is 3. The molecule has 4 heteroatoms. The fourth-order valence-electron chi connectivity index (χ4n) is 1.85. The first-order valence-electron chi connectivity index (χ1n) is 5.53. The highest BCUT2D eigenvalue weighted by Gasteiger charge is 2.10. The van der Waals surface area contributed by atoms with E-state index in [2.05, 4.69) is 15.3 Å². The molecule has 17 heavy (non-hydrogen) atoms. The summed E-state index contributed by atoms with van der Waals surface area (Å²) in [5.41, 5.74) is 2.56. The molecule has 0 saturated heterocycles. The molecule has 0 saturated carbocycles. The molecular formula is C13H14FN3. The van der Waals surface area contributed by atoms with Crippen molar-refractivity contribution < 1.29 is 4.39 Å². The average Bonchev–Trinajstić information content (AvgIpc) is 2.37. The van der Waals surface area contributed by atoms with Crippen LogP contribution in [0.15, 0.2) is 30.6 Å². The van der Waals surface area contributed by atoms with E-state index in [1.165, 1.54) is 18.5 Å². The van der Waals surface area contributed by atoms with Crippen molar-refractivity contribution in [3.63, 3.8) is 0 Å². The van der Waals surface area contributed by atoms with E-state index in [0.717, 1.165) is 29.1 Å². The monoisotopic (exact) mass is 231 g/mol. The van der Waals surface area contributed by atoms with Gasteiger partial charge in [0.15, 0.2) is 0 Å². The first-order chi connectivity index (χ1) is 8.26. The zero-order chi connectivity index (χ0) is 12.3. The Morgan fingerprint density at radius 1 is 1.29 bits per heavy atom. The number of benzene rings is 1. The summed E-state index contributed by atoms with van der Waals surface area (Å²) in [6, 6.07) is 6.45. The quantitative estimate of drug-likeness (QED) is 0.882. The van der Waals surface area contributed by atoms with E-state index in [1.807, 2.05) is 20.0 Å². The third-order valence-corrected chi connectivity index (χ3v) is 2.63. The number of nitrogens with one attached hydrogen (secondary N) is 1. The highest BCUT2D eigenvalue weighted by molar-refractivity contribution is 5.68. The van der Waals surface area contributed by atoms with Crippen molar-refractivity contribution in [2.75, 3.05) is 12.4 Å². The molecule has 0 bridgehead atoms. The first kappa shape index (κ1) is 11.5. The van der Waals surface area contributed by atoms with Gasteiger partial charge >= 0.3 is 0 Å². The van der Waals surface area contributed by atoms with Crippen LogP contribution in [0.3, 0.4) is 0 Å². The van der Waals surface area contributed by atoms with Gasteiger partial charge in [-0.15, -0.1) is 0 Å². The summed E-state index contributed by atoms with van der Waals surface area (Å²) in [6.07, 6.45) is 2.29. The van der Waals surface area contributed by atoms with Crippen LogP contribution in [0.1, 0.15) is 12.5 Å². The fourth-order valence-corrected chi connectivity index (χ4v) is 1.85. The Morgan fingerprint density at radius 2 is 2.12 bits per heavy atom. The Balaban J connectivity index is 2.59. The molecule has 1 aromatic heterocycles. The van der Waals surface area contributed by atoms with Gasteiger partial charge < -0.3 is 5.32 Å². The van der Waals surface area contributed by atoms with E-state index in [1.54, 1.807) is 6.07 Å². The van der Waals surface area contributed by atoms with Gasteiger partial charge in [0.05, 0.1) is 5.69 Å². The van der Waals surface area contributed by atoms with Crippen molar-refractivity contribution in [2.45, 2.75) is 13.3 Å². The smallest absolute Gasteiger partial charge is 0.132 e. The van der Waals surface area contributed by atoms with Crippen molar-refractivity contribution in [3.05, 3.63) is 42.0 Å². The number of anilines is 1. The summed E-state index contributed by atoms with van der Waals surface area (Å²) in [5, 5.41) is 3.03. The maximum atomic E-state index is 13.2. The van der Waals surface area contributed by atoms with E-state index in [0.29, 0.717) is 0 Å². The van der Waals surface area contributed by atoms with Crippen LogP contribution in [-0.4, -0.2) is 17.0 Å². The van der Waals surface area contributed by atoms with Gasteiger partial charge in [0.1, 0.15) is 18.0 Å². The largest absolute Gasteiger partial charge is 0.373 e. The Kier molecular flexibility index (Phi) is 3.32. The summed E-state index contributed by atoms with van der Waals surface area (Å²) in [5.74, 6) is 0.538. The summed E-state index contributed by atoms with van der Waals surface area (Å²) < 4.78 is 13.2. The second-order valence-electron chi connectivity index (χ2n) is 3.66. The van der Waals surface area contributed by atoms with Crippen molar-refractivity contribution in [3.8, 4) is 11.3 Å². The molecule has 0 unspecified atom stereocenters. The molecule has 2 aromatic rings. The highest BCUT2D eigenvalue weighted by Crippen LogP contribution is 2.26. The number of halogens is 1. The number of hydrogen-bond donors (Lipinski definition) is 1. The van der Waals surface area contributed by atoms with Gasteiger partial charge in [-0.1, -0.05) is 19.1 Å². The molecule has 2 rings (SSSR count). The third-order valence-electron chi connectivity index (χ3n) is 2.63. The van der Waals surface area contributed by atoms with E-state index in [9.17, 15) is 4.39 Å². The topological polar surface area (TPSA) is 37.8 Å². The van der Waals surface area contributed by atoms with E-state index >= 15 is 0 Å². The van der Waals surface area contributed by atoms with Crippen molar-refractivity contribution in [1.82, 2.24) is 9.97 Å². The lowest BCUT2D eigenvalue weighted by molar-refractivity contribution is 0.628. The lowest BCUT2D eigenvalue weighted by Crippen LogP contribution is -2.02. The fraction of sp³-hybridized carbons (Fsp3) is 0.231. The van der Waals surface area contributed by atoms with Crippen LogP contribution < -0.4 is 5.32 Å². The van der Waals surface area contributed by atoms with Crippen LogP contribution in [0.25, 0.3) is 11.3 Å². The minimum atomic E-state index is -0.255. The average molecular weight is 231 g/mol. The molecule has 0 spiro atoms. The van der Waals surface area contributed by atoms with Crippen LogP contribution in [-0.2, 0) is 6.42 Å². The number of nitrogens with zero attached hydrogens (tertiary/aromatic N) is 2. The molecule has 88 valence electrons. The molecule has 0 atom stereocenters. The lowest BCUT2D eigenvalue weighted by atomic mass is 10.0. The SMILES string of the molecule is CCc1c(NC)ncnc1-c1cccc(F)c1. The van der Waals surface area contributed by atoms with E-state index in [4.69, 9.17) is 0 Å². The van der Waals surface area contributed by atoms with Crippen molar-refractivity contribution >= 4 is 5.82 Å². The summed E-state index contributed by atoms with van der Waals surface area (Å²) in [7, 11) is 1.82. The Labute approximate surface area is 99.7 Å². The van der Waals surface area contributed by atoms with Gasteiger partial charge in [0, 0.05) is 18.2 Å². The molecule has 1 aromatic carbocycles. The first-order valence-corrected chi connectivity index (χ1v) is 5.53. The van der Waals surface area contributed by atoms with Crippen LogP contribution in [0.4, 0.5) is 10.2 Å². The standard InChI is InChI=1S/C13H14FN3/c1-3-11-12(16-8-17-13(11)15-2)9-5-4-6-10(14)7-9/h4-8H,3H2,1-2H3,(H,15,16,17). The van der Waals surface area contributed by atoms with E-state index < -0.39 is 0 Å². The van der Waals surface area contributed by atoms with Gasteiger partial charge in [0.2, 0.25) is 0 Å². The maximum absolute atomic E-state index is 13.2. The van der Waals surface area contributed by atoms with Gasteiger partial charge in [-0.25, -0.2) is 14.4 Å². The molecule has 0 aliphatic heterocycles. The predicted octanol–water partition coefficient (Wildman–Crippen LogP) is 2.89. The van der Waals surface area contributed by atoms with Crippen molar-refractivity contribution in [2.24, 2.45) is 0 Å². The van der Waals surface area contributed by atoms with Crippen LogP contribution >= 0.6 is 0 Å². The Bertz CT molecular complexity index is 526. The van der Waals surface area contributed by atoms with Gasteiger partial charge in [-0.3, -0.25) is 0 Å². The Hall–Kier alpha value is -1.97. The molecule has 3 nitrogen and oxygen atoms in total. The Morgan fingerprint density at radius 3 is 2.76 bits per heavy atom. The predicted molar refractivity (Wildman–Crippen MR) is 66.4 cm³/mol. The zero-order valence-electron chi connectivity index (χ0n) is 9.87. The summed E-state index contributed by atoms with van der Waals surface area (Å²) in [4.78, 5) is 8.41. The normalized spacial score (nSPS) is 10.3. The van der Waals surface area contributed by atoms with Crippen molar-refractivity contribution in [1.29, 1.82) is 0 Å². The highest BCUT2D eigenvalue weighted by atomic mass is 19.1. The lowest BCUT2D eigenvalue weighted by Gasteiger charge is -2.11. The summed E-state index contributed by atoms with van der Waals surface area (Å²) in [6.45, 7) is 2.03. The minimum Gasteiger partial charge on any atom is -0.373 e. The number of hydrogen-bond acceptors (Lipinski definition) is 3. The molecule has 1 N–H and O–H groups in total. The van der Waals surface area contributed by atoms with Gasteiger partial charge in [-0.05, 0) is 18.6 Å². The zero-order valence-corrected chi connectivity index (χ0v) is 9.87. The number of aromatic nitrogens is 2. The second-order valence-corrected chi connectivity index (χ2v) is 3.66. The molecule has 1 heterocycles. The summed E-state index contributed by atoms with van der Waals surface area (Å²) >= 11 is 0. The molecular weight excluding hydrogens is 217 g/mol. The molecule has 0 aliphatic rings. The van der Waals surface area contributed by atoms with Crippen LogP contribution in [0.5, 0.6) is 0 Å². The molecule has 0 amide bonds. The minimum absolute atomic E-state index is 0.255. The maximum Gasteiger partial charge on any atom is 0.132 e. The molecule has 0 aliphatic carbocycles. The van der Waals surface area contributed by atoms with Crippen LogP contribution in [0.2, 0.25) is 0 Å².